The molecule has 0 aliphatic carbocycles. The highest BCUT2D eigenvalue weighted by Crippen LogP contribution is 2.13. The molecule has 0 aromatic heterocycles. The van der Waals surface area contributed by atoms with Crippen LogP contribution in [-0.4, -0.2) is 0 Å². The van der Waals surface area contributed by atoms with Gasteiger partial charge in [0, 0.05) is 0 Å². The zero-order valence-corrected chi connectivity index (χ0v) is 14.3. The maximum atomic E-state index is 3.78. The van der Waals surface area contributed by atoms with Gasteiger partial charge in [-0.25, -0.2) is 0 Å². The lowest BCUT2D eigenvalue weighted by Crippen LogP contribution is -1.83. The fourth-order valence-corrected chi connectivity index (χ4v) is 2.58. The molecule has 0 aromatic rings. The highest BCUT2D eigenvalue weighted by molar-refractivity contribution is 5.12. The molecule has 0 amide bonds. The molecule has 0 fully saturated rings. The summed E-state index contributed by atoms with van der Waals surface area (Å²) in [6.45, 7) is 8.20. The van der Waals surface area contributed by atoms with Crippen LogP contribution in [0.2, 0.25) is 0 Å². The monoisotopic (exact) mass is 278 g/mol. The molecule has 0 unspecified atom stereocenters. The molecule has 0 heterocycles. The van der Waals surface area contributed by atoms with Gasteiger partial charge in [0.05, 0.1) is 0 Å². The van der Waals surface area contributed by atoms with Crippen molar-refractivity contribution < 1.29 is 0 Å². The quantitative estimate of drug-likeness (QED) is 0.214. The predicted octanol–water partition coefficient (Wildman–Crippen LogP) is 7.60. The minimum atomic E-state index is 1.23. The lowest BCUT2D eigenvalue weighted by molar-refractivity contribution is 0.540. The molecule has 0 heteroatoms. The van der Waals surface area contributed by atoms with Gasteiger partial charge in [-0.15, -0.1) is 0 Å². The van der Waals surface area contributed by atoms with Gasteiger partial charge < -0.3 is 0 Å². The Morgan fingerprint density at radius 1 is 0.700 bits per heavy atom. The average molecular weight is 279 g/mol. The molecule has 0 nitrogen and oxygen atoms in total. The number of allylic oxidation sites excluding steroid dienone is 3. The van der Waals surface area contributed by atoms with E-state index in [1.807, 2.05) is 6.08 Å². The Bertz CT molecular complexity index is 224. The molecule has 0 spiro atoms. The highest BCUT2D eigenvalue weighted by Gasteiger charge is 1.93. The van der Waals surface area contributed by atoms with E-state index in [1.165, 1.54) is 95.5 Å². The molecule has 0 radical (unpaired) electrons. The number of hydrogen-bond donors (Lipinski definition) is 0. The smallest absolute Gasteiger partial charge is 0.0345 e. The van der Waals surface area contributed by atoms with Gasteiger partial charge >= 0.3 is 0 Å². The van der Waals surface area contributed by atoms with Crippen LogP contribution in [0.1, 0.15) is 104 Å². The molecule has 0 aliphatic heterocycles. The van der Waals surface area contributed by atoms with Crippen LogP contribution in [0.15, 0.2) is 24.3 Å². The summed E-state index contributed by atoms with van der Waals surface area (Å²) in [6, 6.07) is 0. The van der Waals surface area contributed by atoms with Crippen LogP contribution in [0.4, 0.5) is 0 Å². The predicted molar refractivity (Wildman–Crippen MR) is 94.3 cm³/mol. The van der Waals surface area contributed by atoms with E-state index >= 15 is 0 Å². The second kappa shape index (κ2) is 16.5. The van der Waals surface area contributed by atoms with Crippen molar-refractivity contribution >= 4 is 0 Å². The van der Waals surface area contributed by atoms with Gasteiger partial charge in [-0.1, -0.05) is 108 Å². The summed E-state index contributed by atoms with van der Waals surface area (Å²) < 4.78 is 0. The van der Waals surface area contributed by atoms with Crippen molar-refractivity contribution in [3.63, 3.8) is 0 Å². The number of rotatable bonds is 15. The van der Waals surface area contributed by atoms with Gasteiger partial charge in [0.1, 0.15) is 0 Å². The second-order valence-corrected chi connectivity index (χ2v) is 6.18. The highest BCUT2D eigenvalue weighted by atomic mass is 14.0. The average Bonchev–Trinajstić information content (AvgIpc) is 2.47. The fourth-order valence-electron chi connectivity index (χ4n) is 2.58. The molecule has 0 rings (SSSR count). The Labute approximate surface area is 128 Å². The lowest BCUT2D eigenvalue weighted by atomic mass is 10.0. The van der Waals surface area contributed by atoms with E-state index in [-0.39, 0.29) is 0 Å². The first kappa shape index (κ1) is 19.5. The fraction of sp³-hybridized carbons (Fsp3) is 0.800. The molecule has 0 saturated carbocycles. The van der Waals surface area contributed by atoms with Gasteiger partial charge in [0.2, 0.25) is 0 Å². The molecule has 0 bridgehead atoms. The second-order valence-electron chi connectivity index (χ2n) is 6.18. The lowest BCUT2D eigenvalue weighted by Gasteiger charge is -2.02. The van der Waals surface area contributed by atoms with Crippen LogP contribution in [0, 0.1) is 0 Å². The Kier molecular flexibility index (Phi) is 16.1. The van der Waals surface area contributed by atoms with Crippen molar-refractivity contribution in [3.8, 4) is 0 Å². The van der Waals surface area contributed by atoms with Gasteiger partial charge in [0.25, 0.3) is 0 Å². The molecule has 0 aromatic carbocycles. The largest absolute Gasteiger partial charge is 0.0988 e. The van der Waals surface area contributed by atoms with E-state index < -0.39 is 0 Å². The van der Waals surface area contributed by atoms with Crippen LogP contribution < -0.4 is 0 Å². The van der Waals surface area contributed by atoms with Crippen molar-refractivity contribution in [1.82, 2.24) is 0 Å². The molecule has 0 aliphatic rings. The Balaban J connectivity index is 3.04. The van der Waals surface area contributed by atoms with Gasteiger partial charge in [-0.05, 0) is 19.8 Å². The van der Waals surface area contributed by atoms with Gasteiger partial charge in [0.15, 0.2) is 0 Å². The number of hydrogen-bond acceptors (Lipinski definition) is 0. The van der Waals surface area contributed by atoms with Gasteiger partial charge in [-0.2, -0.15) is 0 Å². The summed E-state index contributed by atoms with van der Waals surface area (Å²) in [5, 5.41) is 0. The Hall–Kier alpha value is -0.520. The van der Waals surface area contributed by atoms with Crippen LogP contribution in [-0.2, 0) is 0 Å². The molecule has 20 heavy (non-hydrogen) atoms. The first-order valence-corrected chi connectivity index (χ1v) is 9.10. The maximum Gasteiger partial charge on any atom is -0.0345 e. The first-order valence-electron chi connectivity index (χ1n) is 9.10. The minimum Gasteiger partial charge on any atom is -0.0988 e. The third kappa shape index (κ3) is 15.5. The Morgan fingerprint density at radius 3 is 1.50 bits per heavy atom. The van der Waals surface area contributed by atoms with Crippen LogP contribution in [0.3, 0.4) is 0 Å². The summed E-state index contributed by atoms with van der Waals surface area (Å²) in [6.07, 6.45) is 24.1. The van der Waals surface area contributed by atoms with E-state index in [1.54, 1.807) is 0 Å². The van der Waals surface area contributed by atoms with Crippen LogP contribution >= 0.6 is 0 Å². The van der Waals surface area contributed by atoms with Crippen molar-refractivity contribution in [2.45, 2.75) is 104 Å². The molecule has 0 saturated heterocycles. The van der Waals surface area contributed by atoms with E-state index in [4.69, 9.17) is 0 Å². The summed E-state index contributed by atoms with van der Waals surface area (Å²) >= 11 is 0. The normalized spacial score (nSPS) is 11.8. The van der Waals surface area contributed by atoms with E-state index in [0.29, 0.717) is 0 Å². The maximum absolute atomic E-state index is 3.78. The molecule has 0 atom stereocenters. The van der Waals surface area contributed by atoms with Crippen molar-refractivity contribution in [2.75, 3.05) is 0 Å². The number of unbranched alkanes of at least 4 members (excludes halogenated alkanes) is 13. The van der Waals surface area contributed by atoms with Crippen molar-refractivity contribution in [3.05, 3.63) is 24.3 Å². The molecule has 118 valence electrons. The van der Waals surface area contributed by atoms with E-state index in [9.17, 15) is 0 Å². The summed E-state index contributed by atoms with van der Waals surface area (Å²) in [4.78, 5) is 0. The minimum absolute atomic E-state index is 1.23. The van der Waals surface area contributed by atoms with E-state index in [0.717, 1.165) is 0 Å². The van der Waals surface area contributed by atoms with Crippen LogP contribution in [0.25, 0.3) is 0 Å². The third-order valence-electron chi connectivity index (χ3n) is 4.10. The molecule has 0 N–H and O–H groups in total. The summed E-state index contributed by atoms with van der Waals surface area (Å²) in [7, 11) is 0. The van der Waals surface area contributed by atoms with Crippen LogP contribution in [0.5, 0.6) is 0 Å². The van der Waals surface area contributed by atoms with Crippen molar-refractivity contribution in [2.24, 2.45) is 0 Å². The summed E-state index contributed by atoms with van der Waals surface area (Å²) in [5.74, 6) is 0. The zero-order chi connectivity index (χ0) is 14.9. The Morgan fingerprint density at radius 2 is 1.10 bits per heavy atom. The SMILES string of the molecule is C=CC(C)=CCCCCCCCCCCCCCCC. The zero-order valence-electron chi connectivity index (χ0n) is 14.3. The van der Waals surface area contributed by atoms with Gasteiger partial charge in [-0.3, -0.25) is 0 Å². The third-order valence-corrected chi connectivity index (χ3v) is 4.10. The van der Waals surface area contributed by atoms with Crippen molar-refractivity contribution in [1.29, 1.82) is 0 Å². The topological polar surface area (TPSA) is 0 Å². The standard InChI is InChI=1S/C20H38/c1-4-6-7-8-9-10-11-12-13-14-15-16-17-18-19-20(3)5-2/h5,19H,2,4,6-18H2,1,3H3. The molecular formula is C20H38. The summed E-state index contributed by atoms with van der Waals surface area (Å²) in [5.41, 5.74) is 1.32. The van der Waals surface area contributed by atoms with E-state index in [2.05, 4.69) is 26.5 Å². The first-order chi connectivity index (χ1) is 9.81. The molecular weight excluding hydrogens is 240 g/mol.